The highest BCUT2D eigenvalue weighted by atomic mass is 16.5. The quantitative estimate of drug-likeness (QED) is 0.710. The lowest BCUT2D eigenvalue weighted by Crippen LogP contribution is -2.54. The second-order valence-corrected chi connectivity index (χ2v) is 7.68. The monoisotopic (exact) mass is 435 g/mol. The molecule has 0 aromatic heterocycles. The zero-order valence-corrected chi connectivity index (χ0v) is 17.6. The molecular formula is C23H21N3O6. The number of amides is 5. The minimum absolute atomic E-state index is 0.0500. The zero-order valence-electron chi connectivity index (χ0n) is 17.6. The number of piperidine rings is 1. The maximum absolute atomic E-state index is 13.2. The number of nitrogens with zero attached hydrogens (tertiary/aromatic N) is 2. The summed E-state index contributed by atoms with van der Waals surface area (Å²) in [5.41, 5.74) is 1.27. The Labute approximate surface area is 183 Å². The van der Waals surface area contributed by atoms with Crippen LogP contribution in [0.3, 0.4) is 0 Å². The Kier molecular flexibility index (Phi) is 5.48. The van der Waals surface area contributed by atoms with Crippen LogP contribution in [-0.4, -0.2) is 59.5 Å². The Morgan fingerprint density at radius 1 is 1.12 bits per heavy atom. The third kappa shape index (κ3) is 3.62. The first kappa shape index (κ1) is 21.2. The van der Waals surface area contributed by atoms with Crippen LogP contribution in [0.4, 0.5) is 0 Å². The number of carbonyl (C=O) groups excluding carboxylic acids is 5. The molecule has 1 N–H and O–H groups in total. The summed E-state index contributed by atoms with van der Waals surface area (Å²) in [7, 11) is 3.11. The van der Waals surface area contributed by atoms with Gasteiger partial charge in [-0.25, -0.2) is 0 Å². The fourth-order valence-corrected chi connectivity index (χ4v) is 4.02. The number of ether oxygens (including phenoxy) is 1. The molecule has 2 aromatic rings. The Hall–Kier alpha value is -4.01. The fraction of sp³-hybridized carbons (Fsp3) is 0.261. The molecule has 0 aliphatic carbocycles. The molecule has 1 fully saturated rings. The lowest BCUT2D eigenvalue weighted by molar-refractivity contribution is -0.136. The maximum Gasteiger partial charge on any atom is 0.262 e. The van der Waals surface area contributed by atoms with Crippen molar-refractivity contribution in [2.45, 2.75) is 25.4 Å². The van der Waals surface area contributed by atoms with Gasteiger partial charge in [0.25, 0.3) is 17.7 Å². The van der Waals surface area contributed by atoms with Crippen LogP contribution in [0.1, 0.15) is 49.5 Å². The van der Waals surface area contributed by atoms with Crippen LogP contribution < -0.4 is 10.1 Å². The summed E-state index contributed by atoms with van der Waals surface area (Å²) in [6.07, 6.45) is 0.133. The Morgan fingerprint density at radius 3 is 2.59 bits per heavy atom. The summed E-state index contributed by atoms with van der Waals surface area (Å²) in [5.74, 6) is -2.00. The number of benzene rings is 2. The summed E-state index contributed by atoms with van der Waals surface area (Å²) in [4.78, 5) is 65.1. The van der Waals surface area contributed by atoms with Gasteiger partial charge in [0.15, 0.2) is 0 Å². The topological polar surface area (TPSA) is 113 Å². The van der Waals surface area contributed by atoms with Gasteiger partial charge < -0.3 is 9.64 Å². The van der Waals surface area contributed by atoms with E-state index in [0.29, 0.717) is 16.9 Å². The summed E-state index contributed by atoms with van der Waals surface area (Å²) in [5, 5.41) is 2.18. The van der Waals surface area contributed by atoms with Crippen molar-refractivity contribution in [1.29, 1.82) is 0 Å². The third-order valence-corrected chi connectivity index (χ3v) is 5.63. The highest BCUT2D eigenvalue weighted by Crippen LogP contribution is 2.30. The van der Waals surface area contributed by atoms with Crippen molar-refractivity contribution in [3.63, 3.8) is 0 Å². The van der Waals surface area contributed by atoms with Crippen LogP contribution in [0, 0.1) is 0 Å². The molecule has 2 aliphatic rings. The van der Waals surface area contributed by atoms with Crippen molar-refractivity contribution in [3.05, 3.63) is 64.7 Å². The number of rotatable bonds is 5. The van der Waals surface area contributed by atoms with Crippen molar-refractivity contribution in [2.24, 2.45) is 0 Å². The predicted molar refractivity (Wildman–Crippen MR) is 112 cm³/mol. The molecule has 1 atom stereocenters. The van der Waals surface area contributed by atoms with E-state index in [9.17, 15) is 24.0 Å². The first-order chi connectivity index (χ1) is 15.3. The molecule has 2 heterocycles. The molecule has 2 aromatic carbocycles. The van der Waals surface area contributed by atoms with E-state index in [-0.39, 0.29) is 36.4 Å². The van der Waals surface area contributed by atoms with E-state index in [2.05, 4.69) is 5.32 Å². The molecule has 9 nitrogen and oxygen atoms in total. The van der Waals surface area contributed by atoms with Gasteiger partial charge in [0.1, 0.15) is 11.8 Å². The van der Waals surface area contributed by atoms with Crippen molar-refractivity contribution >= 4 is 29.5 Å². The van der Waals surface area contributed by atoms with Gasteiger partial charge in [-0.05, 0) is 36.2 Å². The molecule has 9 heteroatoms. The number of hydrogen-bond donors (Lipinski definition) is 1. The lowest BCUT2D eigenvalue weighted by Gasteiger charge is -2.28. The van der Waals surface area contributed by atoms with E-state index in [1.807, 2.05) is 0 Å². The van der Waals surface area contributed by atoms with Gasteiger partial charge in [-0.15, -0.1) is 0 Å². The third-order valence-electron chi connectivity index (χ3n) is 5.63. The molecule has 5 amide bonds. The van der Waals surface area contributed by atoms with E-state index >= 15 is 0 Å². The number of imide groups is 2. The van der Waals surface area contributed by atoms with Crippen LogP contribution in [0.5, 0.6) is 5.75 Å². The standard InChI is InChI=1S/C23H21N3O6/c1-25(21(29)13-5-3-7-15(11-13)32-2)12-14-6-4-8-16-19(14)23(31)26(22(16)30)17-9-10-18(27)24-20(17)28/h3-8,11,17H,9-10,12H2,1-2H3,(H,24,27,28). The van der Waals surface area contributed by atoms with Crippen molar-refractivity contribution < 1.29 is 28.7 Å². The average molecular weight is 435 g/mol. The first-order valence-electron chi connectivity index (χ1n) is 10.0. The van der Waals surface area contributed by atoms with E-state index in [1.165, 1.54) is 18.1 Å². The van der Waals surface area contributed by atoms with Crippen molar-refractivity contribution in [1.82, 2.24) is 15.1 Å². The van der Waals surface area contributed by atoms with Gasteiger partial charge in [-0.1, -0.05) is 18.2 Å². The molecule has 0 radical (unpaired) electrons. The van der Waals surface area contributed by atoms with Gasteiger partial charge >= 0.3 is 0 Å². The first-order valence-corrected chi connectivity index (χ1v) is 10.0. The number of fused-ring (bicyclic) bond motifs is 1. The largest absolute Gasteiger partial charge is 0.497 e. The molecule has 0 spiro atoms. The maximum atomic E-state index is 13.2. The molecule has 0 bridgehead atoms. The van der Waals surface area contributed by atoms with Gasteiger partial charge in [0, 0.05) is 25.6 Å². The molecule has 164 valence electrons. The molecule has 32 heavy (non-hydrogen) atoms. The Balaban J connectivity index is 1.60. The lowest BCUT2D eigenvalue weighted by atomic mass is 10.0. The van der Waals surface area contributed by atoms with Gasteiger partial charge in [0.05, 0.1) is 18.2 Å². The minimum atomic E-state index is -1.04. The van der Waals surface area contributed by atoms with Gasteiger partial charge in [-0.3, -0.25) is 34.2 Å². The fourth-order valence-electron chi connectivity index (χ4n) is 4.02. The van der Waals surface area contributed by atoms with Gasteiger partial charge in [0.2, 0.25) is 11.8 Å². The number of hydrogen-bond acceptors (Lipinski definition) is 6. The van der Waals surface area contributed by atoms with E-state index in [1.54, 1.807) is 43.4 Å². The molecule has 2 aliphatic heterocycles. The highest BCUT2D eigenvalue weighted by Gasteiger charge is 2.45. The molecular weight excluding hydrogens is 414 g/mol. The summed E-state index contributed by atoms with van der Waals surface area (Å²) in [6.45, 7) is 0.0847. The normalized spacial score (nSPS) is 17.8. The number of methoxy groups -OCH3 is 1. The van der Waals surface area contributed by atoms with Crippen LogP contribution in [0.15, 0.2) is 42.5 Å². The van der Waals surface area contributed by atoms with Crippen molar-refractivity contribution in [3.8, 4) is 5.75 Å². The van der Waals surface area contributed by atoms with Gasteiger partial charge in [-0.2, -0.15) is 0 Å². The number of carbonyl (C=O) groups is 5. The molecule has 4 rings (SSSR count). The Morgan fingerprint density at radius 2 is 1.88 bits per heavy atom. The summed E-state index contributed by atoms with van der Waals surface area (Å²) < 4.78 is 5.16. The summed E-state index contributed by atoms with van der Waals surface area (Å²) in [6, 6.07) is 10.5. The van der Waals surface area contributed by atoms with Crippen LogP contribution in [0.25, 0.3) is 0 Å². The molecule has 1 saturated heterocycles. The second kappa shape index (κ2) is 8.26. The molecule has 1 unspecified atom stereocenters. The predicted octanol–water partition coefficient (Wildman–Crippen LogP) is 1.37. The molecule has 0 saturated carbocycles. The van der Waals surface area contributed by atoms with Crippen LogP contribution >= 0.6 is 0 Å². The smallest absolute Gasteiger partial charge is 0.262 e. The van der Waals surface area contributed by atoms with E-state index in [0.717, 1.165) is 4.90 Å². The number of nitrogens with one attached hydrogen (secondary N) is 1. The van der Waals surface area contributed by atoms with Crippen LogP contribution in [-0.2, 0) is 16.1 Å². The van der Waals surface area contributed by atoms with E-state index in [4.69, 9.17) is 4.74 Å². The second-order valence-electron chi connectivity index (χ2n) is 7.68. The van der Waals surface area contributed by atoms with Crippen LogP contribution in [0.2, 0.25) is 0 Å². The zero-order chi connectivity index (χ0) is 23.0. The van der Waals surface area contributed by atoms with Crippen molar-refractivity contribution in [2.75, 3.05) is 14.2 Å². The Bertz CT molecular complexity index is 1160. The minimum Gasteiger partial charge on any atom is -0.497 e. The SMILES string of the molecule is COc1cccc(C(=O)N(C)Cc2cccc3c2C(=O)N(C2CCC(=O)NC2=O)C3=O)c1. The highest BCUT2D eigenvalue weighted by molar-refractivity contribution is 6.24. The van der Waals surface area contributed by atoms with E-state index < -0.39 is 29.7 Å². The summed E-state index contributed by atoms with van der Waals surface area (Å²) >= 11 is 0. The average Bonchev–Trinajstić information content (AvgIpc) is 3.04.